The second kappa shape index (κ2) is 6.79. The summed E-state index contributed by atoms with van der Waals surface area (Å²) in [4.78, 5) is 10.7. The van der Waals surface area contributed by atoms with Gasteiger partial charge in [-0.15, -0.1) is 0 Å². The number of carbonyl (C=O) groups excluding carboxylic acids is 1. The Labute approximate surface area is 87.2 Å². The Kier molecular flexibility index (Phi) is 6.99. The second-order valence-corrected chi connectivity index (χ2v) is 8.62. The molecule has 0 amide bonds. The van der Waals surface area contributed by atoms with E-state index >= 15 is 0 Å². The van der Waals surface area contributed by atoms with Gasteiger partial charge in [-0.25, -0.2) is 0 Å². The highest BCUT2D eigenvalue weighted by Gasteiger charge is 2.16. The van der Waals surface area contributed by atoms with Gasteiger partial charge in [-0.3, -0.25) is 4.79 Å². The van der Waals surface area contributed by atoms with E-state index in [1.165, 1.54) is 32.7 Å². The van der Waals surface area contributed by atoms with Crippen molar-refractivity contribution < 1.29 is 18.6 Å². The molecule has 13 heavy (non-hydrogen) atoms. The SMILES string of the molecule is COC(=O)CCSP(=S)(OC)OC. The van der Waals surface area contributed by atoms with E-state index in [2.05, 4.69) is 4.74 Å². The Hall–Kier alpha value is 0.390. The van der Waals surface area contributed by atoms with E-state index in [-0.39, 0.29) is 5.97 Å². The Bertz CT molecular complexity index is 201. The van der Waals surface area contributed by atoms with Crippen LogP contribution >= 0.6 is 17.1 Å². The molecule has 0 aliphatic rings. The highest BCUT2D eigenvalue weighted by atomic mass is 32.9. The van der Waals surface area contributed by atoms with Gasteiger partial charge < -0.3 is 13.8 Å². The number of hydrogen-bond donors (Lipinski definition) is 0. The second-order valence-electron chi connectivity index (χ2n) is 1.97. The van der Waals surface area contributed by atoms with E-state index in [0.717, 1.165) is 0 Å². The van der Waals surface area contributed by atoms with Gasteiger partial charge in [0.1, 0.15) is 0 Å². The smallest absolute Gasteiger partial charge is 0.306 e. The lowest BCUT2D eigenvalue weighted by Gasteiger charge is -2.15. The van der Waals surface area contributed by atoms with Crippen LogP contribution in [-0.4, -0.2) is 33.1 Å². The van der Waals surface area contributed by atoms with Gasteiger partial charge in [0.25, 0.3) is 0 Å². The fraction of sp³-hybridized carbons (Fsp3) is 0.833. The Morgan fingerprint density at radius 3 is 2.31 bits per heavy atom. The molecule has 0 aromatic rings. The molecule has 0 heterocycles. The number of ether oxygens (including phenoxy) is 1. The molecule has 0 aliphatic heterocycles. The fourth-order valence-corrected chi connectivity index (χ4v) is 3.61. The van der Waals surface area contributed by atoms with Crippen LogP contribution in [0.15, 0.2) is 0 Å². The van der Waals surface area contributed by atoms with Crippen LogP contribution < -0.4 is 0 Å². The summed E-state index contributed by atoms with van der Waals surface area (Å²) >= 11 is 6.42. The maximum atomic E-state index is 10.7. The van der Waals surface area contributed by atoms with Crippen LogP contribution in [0.5, 0.6) is 0 Å². The monoisotopic (exact) mass is 244 g/mol. The van der Waals surface area contributed by atoms with Gasteiger partial charge in [-0.05, 0) is 11.8 Å². The zero-order chi connectivity index (χ0) is 10.3. The number of rotatable bonds is 6. The minimum Gasteiger partial charge on any atom is -0.469 e. The zero-order valence-corrected chi connectivity index (χ0v) is 10.3. The topological polar surface area (TPSA) is 44.8 Å². The third kappa shape index (κ3) is 5.65. The maximum Gasteiger partial charge on any atom is 0.306 e. The first kappa shape index (κ1) is 13.4. The molecule has 0 spiro atoms. The first-order chi connectivity index (χ1) is 6.08. The van der Waals surface area contributed by atoms with Crippen LogP contribution in [-0.2, 0) is 30.4 Å². The largest absolute Gasteiger partial charge is 0.469 e. The molecule has 0 aliphatic carbocycles. The van der Waals surface area contributed by atoms with Crippen molar-refractivity contribution >= 4 is 34.9 Å². The summed E-state index contributed by atoms with van der Waals surface area (Å²) in [6.07, 6.45) is 0.326. The number of carbonyl (C=O) groups is 1. The van der Waals surface area contributed by atoms with Crippen molar-refractivity contribution in [1.29, 1.82) is 0 Å². The van der Waals surface area contributed by atoms with Crippen LogP contribution in [0, 0.1) is 0 Å². The van der Waals surface area contributed by atoms with Gasteiger partial charge >= 0.3 is 5.97 Å². The van der Waals surface area contributed by atoms with E-state index in [9.17, 15) is 4.79 Å². The van der Waals surface area contributed by atoms with Crippen molar-refractivity contribution in [3.8, 4) is 0 Å². The molecule has 0 rings (SSSR count). The van der Waals surface area contributed by atoms with Gasteiger partial charge in [0.05, 0.1) is 13.5 Å². The average molecular weight is 244 g/mol. The number of esters is 1. The van der Waals surface area contributed by atoms with Crippen molar-refractivity contribution in [2.75, 3.05) is 27.1 Å². The third-order valence-corrected chi connectivity index (χ3v) is 7.06. The molecule has 0 saturated carbocycles. The van der Waals surface area contributed by atoms with E-state index in [4.69, 9.17) is 20.9 Å². The highest BCUT2D eigenvalue weighted by Crippen LogP contribution is 2.59. The molecule has 0 aromatic carbocycles. The van der Waals surface area contributed by atoms with Gasteiger partial charge in [0.2, 0.25) is 5.69 Å². The molecule has 0 bridgehead atoms. The molecule has 0 saturated heterocycles. The van der Waals surface area contributed by atoms with E-state index in [0.29, 0.717) is 12.2 Å². The molecular weight excluding hydrogens is 231 g/mol. The van der Waals surface area contributed by atoms with Gasteiger partial charge in [0.15, 0.2) is 0 Å². The summed E-state index contributed by atoms with van der Waals surface area (Å²) in [6, 6.07) is 0. The normalized spacial score (nSPS) is 11.3. The molecule has 0 N–H and O–H groups in total. The predicted molar refractivity (Wildman–Crippen MR) is 57.4 cm³/mol. The molecule has 0 unspecified atom stereocenters. The summed E-state index contributed by atoms with van der Waals surface area (Å²) in [5.41, 5.74) is -2.21. The summed E-state index contributed by atoms with van der Waals surface area (Å²) in [5, 5.41) is 0. The zero-order valence-electron chi connectivity index (χ0n) is 7.81. The number of methoxy groups -OCH3 is 1. The minimum atomic E-state index is -2.21. The first-order valence-corrected chi connectivity index (χ1v) is 7.73. The van der Waals surface area contributed by atoms with Crippen molar-refractivity contribution in [2.24, 2.45) is 0 Å². The van der Waals surface area contributed by atoms with Gasteiger partial charge in [-0.2, -0.15) is 0 Å². The highest BCUT2D eigenvalue weighted by molar-refractivity contribution is 8.67. The average Bonchev–Trinajstić information content (AvgIpc) is 2.17. The van der Waals surface area contributed by atoms with Crippen molar-refractivity contribution in [3.63, 3.8) is 0 Å². The van der Waals surface area contributed by atoms with Crippen LogP contribution in [0.4, 0.5) is 0 Å². The summed E-state index contributed by atoms with van der Waals surface area (Å²) in [6.45, 7) is 0. The van der Waals surface area contributed by atoms with Gasteiger partial charge in [-0.1, -0.05) is 11.4 Å². The van der Waals surface area contributed by atoms with Crippen LogP contribution in [0.2, 0.25) is 0 Å². The molecule has 0 fully saturated rings. The molecule has 7 heteroatoms. The van der Waals surface area contributed by atoms with Gasteiger partial charge in [0, 0.05) is 20.0 Å². The lowest BCUT2D eigenvalue weighted by molar-refractivity contribution is -0.140. The molecule has 78 valence electrons. The molecule has 4 nitrogen and oxygen atoms in total. The van der Waals surface area contributed by atoms with Crippen LogP contribution in [0.3, 0.4) is 0 Å². The maximum absolute atomic E-state index is 10.7. The summed E-state index contributed by atoms with van der Waals surface area (Å²) in [7, 11) is 4.38. The van der Waals surface area contributed by atoms with Crippen molar-refractivity contribution in [3.05, 3.63) is 0 Å². The first-order valence-electron chi connectivity index (χ1n) is 3.51. The van der Waals surface area contributed by atoms with Crippen molar-refractivity contribution in [2.45, 2.75) is 6.42 Å². The van der Waals surface area contributed by atoms with Crippen LogP contribution in [0.25, 0.3) is 0 Å². The van der Waals surface area contributed by atoms with Crippen molar-refractivity contribution in [1.82, 2.24) is 0 Å². The van der Waals surface area contributed by atoms with E-state index < -0.39 is 5.69 Å². The Morgan fingerprint density at radius 1 is 1.38 bits per heavy atom. The Balaban J connectivity index is 3.74. The Morgan fingerprint density at radius 2 is 1.92 bits per heavy atom. The van der Waals surface area contributed by atoms with Crippen LogP contribution in [0.1, 0.15) is 6.42 Å². The lowest BCUT2D eigenvalue weighted by Crippen LogP contribution is -2.01. The molecule has 0 aromatic heterocycles. The lowest BCUT2D eigenvalue weighted by atomic mass is 10.5. The quantitative estimate of drug-likeness (QED) is 0.524. The minimum absolute atomic E-state index is 0.249. The fourth-order valence-electron chi connectivity index (χ4n) is 0.523. The predicted octanol–water partition coefficient (Wildman–Crippen LogP) is 1.80. The molecular formula is C6H13O4PS2. The number of hydrogen-bond acceptors (Lipinski definition) is 6. The molecule has 0 radical (unpaired) electrons. The summed E-state index contributed by atoms with van der Waals surface area (Å²) < 4.78 is 14.5. The van der Waals surface area contributed by atoms with E-state index in [1.807, 2.05) is 0 Å². The summed E-state index contributed by atoms with van der Waals surface area (Å²) in [5.74, 6) is 0.312. The third-order valence-electron chi connectivity index (χ3n) is 1.23. The molecule has 0 atom stereocenters. The van der Waals surface area contributed by atoms with E-state index in [1.54, 1.807) is 0 Å². The standard InChI is InChI=1S/C6H13O4PS2/c1-8-6(7)4-5-13-11(12,9-2)10-3/h4-5H2,1-3H3.